The van der Waals surface area contributed by atoms with Crippen LogP contribution in [-0.4, -0.2) is 21.3 Å². The predicted molar refractivity (Wildman–Crippen MR) is 98.8 cm³/mol. The van der Waals surface area contributed by atoms with E-state index in [1.54, 1.807) is 0 Å². The Balaban J connectivity index is 1.81. The average Bonchev–Trinajstić information content (AvgIpc) is 3.12. The van der Waals surface area contributed by atoms with Crippen LogP contribution in [0.3, 0.4) is 0 Å². The van der Waals surface area contributed by atoms with Crippen molar-refractivity contribution in [2.45, 2.75) is 32.7 Å². The summed E-state index contributed by atoms with van der Waals surface area (Å²) in [6.45, 7) is 5.24. The Kier molecular flexibility index (Phi) is 3.72. The van der Waals surface area contributed by atoms with Crippen molar-refractivity contribution in [2.75, 3.05) is 11.4 Å². The van der Waals surface area contributed by atoms with Crippen molar-refractivity contribution < 1.29 is 0 Å². The first-order valence-corrected chi connectivity index (χ1v) is 8.76. The number of nitrogens with zero attached hydrogens (tertiary/aromatic N) is 4. The van der Waals surface area contributed by atoms with Gasteiger partial charge in [-0.3, -0.25) is 4.68 Å². The molecule has 1 fully saturated rings. The zero-order chi connectivity index (χ0) is 16.8. The molecule has 3 heterocycles. The highest BCUT2D eigenvalue weighted by molar-refractivity contribution is 6.34. The van der Waals surface area contributed by atoms with Crippen molar-refractivity contribution in [2.24, 2.45) is 7.05 Å². The molecule has 3 aromatic rings. The van der Waals surface area contributed by atoms with E-state index in [9.17, 15) is 0 Å². The van der Waals surface area contributed by atoms with E-state index in [-0.39, 0.29) is 0 Å². The molecule has 1 aromatic carbocycles. The van der Waals surface area contributed by atoms with Gasteiger partial charge in [0, 0.05) is 30.2 Å². The number of aryl methyl sites for hydroxylation is 2. The van der Waals surface area contributed by atoms with Crippen molar-refractivity contribution in [1.29, 1.82) is 0 Å². The maximum Gasteiger partial charge on any atom is 0.139 e. The van der Waals surface area contributed by atoms with Crippen LogP contribution in [-0.2, 0) is 7.05 Å². The number of aromatic nitrogens is 3. The highest BCUT2D eigenvalue weighted by atomic mass is 35.5. The Morgan fingerprint density at radius 1 is 1.21 bits per heavy atom. The number of anilines is 1. The van der Waals surface area contributed by atoms with Gasteiger partial charge in [0.2, 0.25) is 0 Å². The Morgan fingerprint density at radius 3 is 2.75 bits per heavy atom. The second kappa shape index (κ2) is 5.78. The highest BCUT2D eigenvalue weighted by Crippen LogP contribution is 2.39. The Hall–Kier alpha value is -2.07. The van der Waals surface area contributed by atoms with Crippen LogP contribution in [0.1, 0.15) is 35.8 Å². The number of rotatable bonds is 2. The van der Waals surface area contributed by atoms with E-state index in [4.69, 9.17) is 11.6 Å². The van der Waals surface area contributed by atoms with Crippen LogP contribution in [0.4, 0.5) is 5.82 Å². The Bertz CT molecular complexity index is 915. The molecule has 1 saturated heterocycles. The zero-order valence-electron chi connectivity index (χ0n) is 14.3. The molecule has 2 aromatic heterocycles. The van der Waals surface area contributed by atoms with Crippen molar-refractivity contribution in [1.82, 2.24) is 14.8 Å². The van der Waals surface area contributed by atoms with Gasteiger partial charge in [0.25, 0.3) is 0 Å². The van der Waals surface area contributed by atoms with E-state index in [1.165, 1.54) is 11.3 Å². The van der Waals surface area contributed by atoms with Crippen LogP contribution in [0.25, 0.3) is 10.8 Å². The second-order valence-electron chi connectivity index (χ2n) is 6.55. The molecule has 0 amide bonds. The summed E-state index contributed by atoms with van der Waals surface area (Å²) in [4.78, 5) is 7.07. The quantitative estimate of drug-likeness (QED) is 0.640. The molecule has 0 N–H and O–H groups in total. The van der Waals surface area contributed by atoms with Gasteiger partial charge in [-0.05, 0) is 38.1 Å². The molecule has 4 rings (SSSR count). The predicted octanol–water partition coefficient (Wildman–Crippen LogP) is 4.58. The first-order chi connectivity index (χ1) is 11.6. The fourth-order valence-corrected chi connectivity index (χ4v) is 4.16. The minimum absolute atomic E-state index is 0.323. The molecule has 1 atom stereocenters. The van der Waals surface area contributed by atoms with Crippen molar-refractivity contribution in [3.05, 3.63) is 52.4 Å². The van der Waals surface area contributed by atoms with Gasteiger partial charge in [-0.2, -0.15) is 5.10 Å². The molecule has 5 heteroatoms. The molecular formula is C19H21ClN4. The van der Waals surface area contributed by atoms with Gasteiger partial charge in [-0.25, -0.2) is 4.98 Å². The Labute approximate surface area is 147 Å². The molecule has 124 valence electrons. The lowest BCUT2D eigenvalue weighted by Crippen LogP contribution is -2.24. The molecule has 4 nitrogen and oxygen atoms in total. The van der Waals surface area contributed by atoms with E-state index in [0.717, 1.165) is 41.7 Å². The fraction of sp³-hybridized carbons (Fsp3) is 0.368. The van der Waals surface area contributed by atoms with Gasteiger partial charge in [0.15, 0.2) is 0 Å². The van der Waals surface area contributed by atoms with Crippen LogP contribution in [0.15, 0.2) is 30.3 Å². The van der Waals surface area contributed by atoms with E-state index >= 15 is 0 Å². The molecular weight excluding hydrogens is 320 g/mol. The van der Waals surface area contributed by atoms with Crippen molar-refractivity contribution >= 4 is 28.2 Å². The summed E-state index contributed by atoms with van der Waals surface area (Å²) in [5.41, 5.74) is 3.68. The van der Waals surface area contributed by atoms with Crippen LogP contribution < -0.4 is 4.90 Å². The third-order valence-corrected chi connectivity index (χ3v) is 5.41. The minimum atomic E-state index is 0.323. The highest BCUT2D eigenvalue weighted by Gasteiger charge is 2.31. The smallest absolute Gasteiger partial charge is 0.139 e. The van der Waals surface area contributed by atoms with Crippen LogP contribution in [0.5, 0.6) is 0 Å². The molecule has 0 spiro atoms. The molecule has 0 aliphatic carbocycles. The molecule has 1 aliphatic heterocycles. The van der Waals surface area contributed by atoms with Crippen molar-refractivity contribution in [3.8, 4) is 0 Å². The normalized spacial score (nSPS) is 17.8. The lowest BCUT2D eigenvalue weighted by molar-refractivity contribution is 0.694. The average molecular weight is 341 g/mol. The number of hydrogen-bond acceptors (Lipinski definition) is 3. The maximum absolute atomic E-state index is 6.45. The topological polar surface area (TPSA) is 34.0 Å². The summed E-state index contributed by atoms with van der Waals surface area (Å²) in [5.74, 6) is 0.962. The molecule has 1 aliphatic rings. The standard InChI is InChI=1S/C19H21ClN4/c1-12-18(13(2)23(3)22-12)16-9-6-10-24(16)17-11-14-7-4-5-8-15(14)19(20)21-17/h4-5,7-8,11,16H,6,9-10H2,1-3H3. The summed E-state index contributed by atoms with van der Waals surface area (Å²) in [6, 6.07) is 10.6. The van der Waals surface area contributed by atoms with E-state index in [1.807, 2.05) is 29.9 Å². The maximum atomic E-state index is 6.45. The SMILES string of the molecule is Cc1nn(C)c(C)c1C1CCCN1c1cc2ccccc2c(Cl)n1. The summed E-state index contributed by atoms with van der Waals surface area (Å²) < 4.78 is 1.97. The molecule has 24 heavy (non-hydrogen) atoms. The Morgan fingerprint density at radius 2 is 2.00 bits per heavy atom. The summed E-state index contributed by atoms with van der Waals surface area (Å²) in [6.07, 6.45) is 2.28. The number of hydrogen-bond donors (Lipinski definition) is 0. The van der Waals surface area contributed by atoms with E-state index in [0.29, 0.717) is 11.2 Å². The van der Waals surface area contributed by atoms with Gasteiger partial charge in [0.05, 0.1) is 11.7 Å². The first kappa shape index (κ1) is 15.5. The van der Waals surface area contributed by atoms with Crippen molar-refractivity contribution in [3.63, 3.8) is 0 Å². The zero-order valence-corrected chi connectivity index (χ0v) is 15.0. The summed E-state index contributed by atoms with van der Waals surface area (Å²) in [7, 11) is 2.01. The monoisotopic (exact) mass is 340 g/mol. The van der Waals surface area contributed by atoms with Crippen LogP contribution in [0.2, 0.25) is 5.15 Å². The summed E-state index contributed by atoms with van der Waals surface area (Å²) >= 11 is 6.45. The van der Waals surface area contributed by atoms with Gasteiger partial charge < -0.3 is 4.90 Å². The first-order valence-electron chi connectivity index (χ1n) is 8.38. The second-order valence-corrected chi connectivity index (χ2v) is 6.91. The van der Waals surface area contributed by atoms with Gasteiger partial charge in [-0.1, -0.05) is 35.9 Å². The van der Waals surface area contributed by atoms with E-state index < -0.39 is 0 Å². The molecule has 1 unspecified atom stereocenters. The molecule has 0 bridgehead atoms. The lowest BCUT2D eigenvalue weighted by atomic mass is 10.0. The number of pyridine rings is 1. The lowest BCUT2D eigenvalue weighted by Gasteiger charge is -2.27. The van der Waals surface area contributed by atoms with Gasteiger partial charge >= 0.3 is 0 Å². The largest absolute Gasteiger partial charge is 0.349 e. The summed E-state index contributed by atoms with van der Waals surface area (Å²) in [5, 5.41) is 7.32. The number of fused-ring (bicyclic) bond motifs is 1. The van der Waals surface area contributed by atoms with Gasteiger partial charge in [-0.15, -0.1) is 0 Å². The number of halogens is 1. The third kappa shape index (κ3) is 2.37. The fourth-order valence-electron chi connectivity index (χ4n) is 3.90. The third-order valence-electron chi connectivity index (χ3n) is 5.13. The minimum Gasteiger partial charge on any atom is -0.349 e. The van der Waals surface area contributed by atoms with Crippen LogP contribution in [0, 0.1) is 13.8 Å². The molecule has 0 radical (unpaired) electrons. The van der Waals surface area contributed by atoms with Crippen LogP contribution >= 0.6 is 11.6 Å². The van der Waals surface area contributed by atoms with E-state index in [2.05, 4.69) is 41.0 Å². The number of benzene rings is 1. The molecule has 0 saturated carbocycles. The van der Waals surface area contributed by atoms with Gasteiger partial charge in [0.1, 0.15) is 11.0 Å².